The Bertz CT molecular complexity index is 1220. The molecule has 36 heavy (non-hydrogen) atoms. The molecule has 0 amide bonds. The summed E-state index contributed by atoms with van der Waals surface area (Å²) in [6.45, 7) is 5.43. The van der Waals surface area contributed by atoms with E-state index in [4.69, 9.17) is 32.7 Å². The van der Waals surface area contributed by atoms with Gasteiger partial charge in [-0.2, -0.15) is 4.98 Å². The predicted octanol–water partition coefficient (Wildman–Crippen LogP) is 7.35. The third kappa shape index (κ3) is 6.29. The quantitative estimate of drug-likeness (QED) is 0.323. The normalized spacial score (nSPS) is 15.0. The number of halogens is 2. The van der Waals surface area contributed by atoms with E-state index in [0.717, 1.165) is 36.8 Å². The van der Waals surface area contributed by atoms with Gasteiger partial charge >= 0.3 is 5.97 Å². The van der Waals surface area contributed by atoms with Crippen molar-refractivity contribution in [2.45, 2.75) is 64.6 Å². The Kier molecular flexibility index (Phi) is 8.06. The average Bonchev–Trinajstić information content (AvgIpc) is 3.34. The fourth-order valence-electron chi connectivity index (χ4n) is 4.57. The average molecular weight is 529 g/mol. The number of aromatic nitrogens is 2. The summed E-state index contributed by atoms with van der Waals surface area (Å²) >= 11 is 12.9. The van der Waals surface area contributed by atoms with Gasteiger partial charge in [-0.05, 0) is 68.9 Å². The zero-order valence-electron chi connectivity index (χ0n) is 20.6. The molecule has 0 spiro atoms. The minimum absolute atomic E-state index is 0.112. The molecule has 0 aliphatic heterocycles. The Hall–Kier alpha value is -2.83. The largest absolute Gasteiger partial charge is 0.491 e. The third-order valence-corrected chi connectivity index (χ3v) is 6.71. The fraction of sp³-hybridized carbons (Fsp3) is 0.393. The van der Waals surface area contributed by atoms with Crippen LogP contribution in [0.15, 0.2) is 48.5 Å². The molecule has 1 fully saturated rings. The van der Waals surface area contributed by atoms with Gasteiger partial charge in [-0.3, -0.25) is 0 Å². The van der Waals surface area contributed by atoms with Gasteiger partial charge in [0.1, 0.15) is 18.0 Å². The molecule has 1 saturated carbocycles. The molecule has 8 heteroatoms. The molecular formula is C28H30Cl2N2O4. The molecule has 4 rings (SSSR count). The van der Waals surface area contributed by atoms with E-state index in [1.165, 1.54) is 0 Å². The van der Waals surface area contributed by atoms with E-state index in [-0.39, 0.29) is 35.7 Å². The van der Waals surface area contributed by atoms with E-state index in [9.17, 15) is 9.90 Å². The molecule has 0 saturated heterocycles. The van der Waals surface area contributed by atoms with Crippen molar-refractivity contribution < 1.29 is 19.4 Å². The SMILES string of the molecule is CC(C)(C)OC(=O)c1nc(C(c2cc(Cl)ccc2Cl)C2CCCC2)nc(O)c1OCc1ccccc1. The number of hydrogen-bond acceptors (Lipinski definition) is 6. The van der Waals surface area contributed by atoms with E-state index >= 15 is 0 Å². The van der Waals surface area contributed by atoms with Gasteiger partial charge in [0.05, 0.1) is 0 Å². The summed E-state index contributed by atoms with van der Waals surface area (Å²) in [6, 6.07) is 14.7. The summed E-state index contributed by atoms with van der Waals surface area (Å²) in [4.78, 5) is 22.3. The minimum atomic E-state index is -0.768. The summed E-state index contributed by atoms with van der Waals surface area (Å²) in [5, 5.41) is 12.1. The lowest BCUT2D eigenvalue weighted by Gasteiger charge is -2.25. The standard InChI is InChI=1S/C28H30Cl2N2O4/c1-28(2,3)36-27(34)23-24(35-16-17-9-5-4-6-10-17)26(33)32-25(31-23)22(18-11-7-8-12-18)20-15-19(29)13-14-21(20)30/h4-6,9-10,13-15,18,22H,7-8,11-12,16H2,1-3H3,(H,31,32,33). The summed E-state index contributed by atoms with van der Waals surface area (Å²) in [5.74, 6) is -1.11. The number of carbonyl (C=O) groups excluding carboxylic acids is 1. The van der Waals surface area contributed by atoms with Crippen LogP contribution in [0.4, 0.5) is 0 Å². The molecule has 190 valence electrons. The van der Waals surface area contributed by atoms with Crippen LogP contribution in [0.3, 0.4) is 0 Å². The zero-order chi connectivity index (χ0) is 25.9. The van der Waals surface area contributed by atoms with Gasteiger partial charge in [0, 0.05) is 16.0 Å². The van der Waals surface area contributed by atoms with Crippen LogP contribution in [0.5, 0.6) is 11.6 Å². The third-order valence-electron chi connectivity index (χ3n) is 6.13. The van der Waals surface area contributed by atoms with Crippen LogP contribution in [0, 0.1) is 5.92 Å². The Morgan fingerprint density at radius 2 is 1.78 bits per heavy atom. The van der Waals surface area contributed by atoms with Gasteiger partial charge in [-0.15, -0.1) is 0 Å². The van der Waals surface area contributed by atoms with Gasteiger partial charge in [0.25, 0.3) is 5.88 Å². The van der Waals surface area contributed by atoms with Crippen molar-refractivity contribution in [2.75, 3.05) is 0 Å². The second-order valence-corrected chi connectivity index (χ2v) is 10.9. The first-order chi connectivity index (χ1) is 17.1. The van der Waals surface area contributed by atoms with Crippen molar-refractivity contribution >= 4 is 29.2 Å². The fourth-order valence-corrected chi connectivity index (χ4v) is 4.99. The number of rotatable bonds is 7. The highest BCUT2D eigenvalue weighted by Gasteiger charge is 2.35. The maximum absolute atomic E-state index is 13.2. The number of aromatic hydroxyl groups is 1. The van der Waals surface area contributed by atoms with Crippen molar-refractivity contribution in [1.29, 1.82) is 0 Å². The Labute approximate surface area is 221 Å². The summed E-state index contributed by atoms with van der Waals surface area (Å²) < 4.78 is 11.5. The highest BCUT2D eigenvalue weighted by molar-refractivity contribution is 6.33. The Morgan fingerprint density at radius 1 is 1.08 bits per heavy atom. The highest BCUT2D eigenvalue weighted by atomic mass is 35.5. The molecule has 0 radical (unpaired) electrons. The van der Waals surface area contributed by atoms with E-state index in [1.807, 2.05) is 30.3 Å². The molecule has 1 aromatic heterocycles. The van der Waals surface area contributed by atoms with Crippen LogP contribution in [0.2, 0.25) is 10.0 Å². The number of esters is 1. The minimum Gasteiger partial charge on any atom is -0.491 e. The number of carbonyl (C=O) groups is 1. The molecule has 1 heterocycles. The molecule has 1 unspecified atom stereocenters. The summed E-state index contributed by atoms with van der Waals surface area (Å²) in [5.41, 5.74) is 0.744. The van der Waals surface area contributed by atoms with Crippen LogP contribution in [-0.2, 0) is 11.3 Å². The van der Waals surface area contributed by atoms with Crippen LogP contribution < -0.4 is 4.74 Å². The van der Waals surface area contributed by atoms with Gasteiger partial charge in [-0.25, -0.2) is 9.78 Å². The van der Waals surface area contributed by atoms with Gasteiger partial charge in [0.15, 0.2) is 5.69 Å². The van der Waals surface area contributed by atoms with Crippen LogP contribution in [-0.4, -0.2) is 26.6 Å². The predicted molar refractivity (Wildman–Crippen MR) is 140 cm³/mol. The zero-order valence-corrected chi connectivity index (χ0v) is 22.1. The van der Waals surface area contributed by atoms with Crippen LogP contribution in [0.25, 0.3) is 0 Å². The van der Waals surface area contributed by atoms with E-state index < -0.39 is 17.5 Å². The van der Waals surface area contributed by atoms with E-state index in [0.29, 0.717) is 10.0 Å². The lowest BCUT2D eigenvalue weighted by molar-refractivity contribution is 0.00564. The first-order valence-corrected chi connectivity index (χ1v) is 12.8. The molecule has 3 aromatic rings. The van der Waals surface area contributed by atoms with Crippen molar-refractivity contribution in [3.05, 3.63) is 81.2 Å². The monoisotopic (exact) mass is 528 g/mol. The highest BCUT2D eigenvalue weighted by Crippen LogP contribution is 2.44. The molecule has 0 bridgehead atoms. The van der Waals surface area contributed by atoms with Crippen LogP contribution in [0.1, 0.15) is 79.8 Å². The van der Waals surface area contributed by atoms with E-state index in [2.05, 4.69) is 9.97 Å². The first kappa shape index (κ1) is 26.2. The van der Waals surface area contributed by atoms with Crippen molar-refractivity contribution in [2.24, 2.45) is 5.92 Å². The summed E-state index contributed by atoms with van der Waals surface area (Å²) in [6.07, 6.45) is 4.04. The number of ether oxygens (including phenoxy) is 2. The van der Waals surface area contributed by atoms with Crippen molar-refractivity contribution in [1.82, 2.24) is 9.97 Å². The lowest BCUT2D eigenvalue weighted by atomic mass is 9.84. The lowest BCUT2D eigenvalue weighted by Crippen LogP contribution is -2.26. The molecule has 1 atom stereocenters. The Morgan fingerprint density at radius 3 is 2.44 bits per heavy atom. The second kappa shape index (κ2) is 11.1. The number of benzene rings is 2. The van der Waals surface area contributed by atoms with Gasteiger partial charge < -0.3 is 14.6 Å². The summed E-state index contributed by atoms with van der Waals surface area (Å²) in [7, 11) is 0. The maximum atomic E-state index is 13.2. The van der Waals surface area contributed by atoms with E-state index in [1.54, 1.807) is 39.0 Å². The molecule has 1 aliphatic rings. The molecule has 6 nitrogen and oxygen atoms in total. The van der Waals surface area contributed by atoms with Crippen LogP contribution >= 0.6 is 23.2 Å². The molecular weight excluding hydrogens is 499 g/mol. The number of nitrogens with zero attached hydrogens (tertiary/aromatic N) is 2. The molecule has 1 aliphatic carbocycles. The van der Waals surface area contributed by atoms with Crippen molar-refractivity contribution in [3.63, 3.8) is 0 Å². The second-order valence-electron chi connectivity index (χ2n) is 10.0. The Balaban J connectivity index is 1.81. The smallest absolute Gasteiger partial charge is 0.361 e. The maximum Gasteiger partial charge on any atom is 0.361 e. The topological polar surface area (TPSA) is 81.5 Å². The molecule has 2 aromatic carbocycles. The molecule has 1 N–H and O–H groups in total. The van der Waals surface area contributed by atoms with Gasteiger partial charge in [-0.1, -0.05) is 66.4 Å². The first-order valence-electron chi connectivity index (χ1n) is 12.1. The number of hydrogen-bond donors (Lipinski definition) is 1. The van der Waals surface area contributed by atoms with Gasteiger partial charge in [0.2, 0.25) is 5.75 Å². The van der Waals surface area contributed by atoms with Crippen molar-refractivity contribution in [3.8, 4) is 11.6 Å².